The molecule has 1 N–H and O–H groups in total. The van der Waals surface area contributed by atoms with Crippen LogP contribution in [0.2, 0.25) is 0 Å². The van der Waals surface area contributed by atoms with Crippen molar-refractivity contribution in [2.75, 3.05) is 6.54 Å². The van der Waals surface area contributed by atoms with Crippen molar-refractivity contribution >= 4 is 11.7 Å². The molecular weight excluding hydrogens is 258 g/mol. The molecule has 6 heteroatoms. The summed E-state index contributed by atoms with van der Waals surface area (Å²) in [5, 5.41) is 0. The molecule has 1 aromatic rings. The molecule has 1 aliphatic carbocycles. The van der Waals surface area contributed by atoms with E-state index in [4.69, 9.17) is 0 Å². The fraction of sp³-hybridized carbons (Fsp3) is 0.571. The van der Waals surface area contributed by atoms with E-state index in [2.05, 4.69) is 9.97 Å². The van der Waals surface area contributed by atoms with Gasteiger partial charge < -0.3 is 9.88 Å². The van der Waals surface area contributed by atoms with Gasteiger partial charge in [-0.2, -0.15) is 0 Å². The van der Waals surface area contributed by atoms with E-state index in [1.807, 2.05) is 0 Å². The normalized spacial score (nSPS) is 21.3. The van der Waals surface area contributed by atoms with Gasteiger partial charge in [0.2, 0.25) is 0 Å². The van der Waals surface area contributed by atoms with Gasteiger partial charge in [-0.15, -0.1) is 0 Å². The molecule has 1 aliphatic heterocycles. The highest BCUT2D eigenvalue weighted by atomic mass is 16.2. The van der Waals surface area contributed by atoms with Crippen molar-refractivity contribution in [2.45, 2.75) is 44.6 Å². The quantitative estimate of drug-likeness (QED) is 0.867. The van der Waals surface area contributed by atoms with Gasteiger partial charge in [-0.25, -0.2) is 4.98 Å². The Balaban J connectivity index is 1.95. The van der Waals surface area contributed by atoms with Crippen LogP contribution in [-0.2, 0) is 4.79 Å². The second-order valence-corrected chi connectivity index (χ2v) is 5.98. The highest BCUT2D eigenvalue weighted by molar-refractivity contribution is 6.00. The summed E-state index contributed by atoms with van der Waals surface area (Å²) in [6, 6.07) is 1.22. The first-order chi connectivity index (χ1) is 9.39. The largest absolute Gasteiger partial charge is 0.325 e. The lowest BCUT2D eigenvalue weighted by Gasteiger charge is -2.29. The molecule has 1 saturated carbocycles. The van der Waals surface area contributed by atoms with Crippen molar-refractivity contribution in [2.24, 2.45) is 0 Å². The van der Waals surface area contributed by atoms with Gasteiger partial charge in [0.05, 0.1) is 5.54 Å². The van der Waals surface area contributed by atoms with Crippen LogP contribution in [0.15, 0.2) is 10.9 Å². The Kier molecular flexibility index (Phi) is 2.77. The summed E-state index contributed by atoms with van der Waals surface area (Å²) >= 11 is 0. The highest BCUT2D eigenvalue weighted by Crippen LogP contribution is 2.37. The predicted octanol–water partition coefficient (Wildman–Crippen LogP) is 0.841. The molecule has 0 atom stereocenters. The molecule has 0 spiro atoms. The maximum absolute atomic E-state index is 12.5. The summed E-state index contributed by atoms with van der Waals surface area (Å²) in [6.45, 7) is 3.85. The number of carbonyl (C=O) groups excluding carboxylic acids is 2. The first-order valence-electron chi connectivity index (χ1n) is 6.86. The number of Topliss-reactive ketones (excluding diaryl/α,β-unsaturated/α-hetero) is 1. The number of hydrogen-bond acceptors (Lipinski definition) is 4. The third kappa shape index (κ3) is 2.05. The monoisotopic (exact) mass is 275 g/mol. The number of aromatic nitrogens is 2. The lowest BCUT2D eigenvalue weighted by Crippen LogP contribution is -2.46. The SMILES string of the molecule is CC1(C)C(=O)CCN1C(=O)c1cc(=O)[nH]c(C2CC2)n1. The number of aromatic amines is 1. The number of H-pyrrole nitrogens is 1. The average molecular weight is 275 g/mol. The van der Waals surface area contributed by atoms with Crippen molar-refractivity contribution in [1.82, 2.24) is 14.9 Å². The van der Waals surface area contributed by atoms with Crippen LogP contribution >= 0.6 is 0 Å². The summed E-state index contributed by atoms with van der Waals surface area (Å²) in [5.74, 6) is 0.555. The van der Waals surface area contributed by atoms with Crippen molar-refractivity contribution < 1.29 is 9.59 Å². The maximum Gasteiger partial charge on any atom is 0.273 e. The van der Waals surface area contributed by atoms with Crippen molar-refractivity contribution in [3.05, 3.63) is 27.9 Å². The van der Waals surface area contributed by atoms with Gasteiger partial charge in [0.15, 0.2) is 5.78 Å². The first-order valence-corrected chi connectivity index (χ1v) is 6.86. The van der Waals surface area contributed by atoms with Crippen LogP contribution in [0, 0.1) is 0 Å². The average Bonchev–Trinajstić information content (AvgIpc) is 3.18. The standard InChI is InChI=1S/C14H17N3O3/c1-14(2)10(18)5-6-17(14)13(20)9-7-11(19)16-12(15-9)8-3-4-8/h7-8H,3-6H2,1-2H3,(H,15,16,19). The molecular formula is C14H17N3O3. The summed E-state index contributed by atoms with van der Waals surface area (Å²) in [6.07, 6.45) is 2.35. The Labute approximate surface area is 116 Å². The first kappa shape index (κ1) is 13.0. The molecule has 0 radical (unpaired) electrons. The van der Waals surface area contributed by atoms with Gasteiger partial charge in [-0.05, 0) is 26.7 Å². The van der Waals surface area contributed by atoms with Crippen LogP contribution in [-0.4, -0.2) is 38.6 Å². The molecule has 20 heavy (non-hydrogen) atoms. The molecule has 106 valence electrons. The fourth-order valence-electron chi connectivity index (χ4n) is 2.58. The van der Waals surface area contributed by atoms with E-state index in [0.717, 1.165) is 12.8 Å². The Morgan fingerprint density at radius 2 is 2.10 bits per heavy atom. The molecule has 2 fully saturated rings. The topological polar surface area (TPSA) is 83.1 Å². The minimum Gasteiger partial charge on any atom is -0.325 e. The number of likely N-dealkylation sites (tertiary alicyclic amines) is 1. The van der Waals surface area contributed by atoms with Crippen LogP contribution in [0.5, 0.6) is 0 Å². The predicted molar refractivity (Wildman–Crippen MR) is 71.6 cm³/mol. The zero-order valence-corrected chi connectivity index (χ0v) is 11.6. The number of ketones is 1. The minimum absolute atomic E-state index is 0.0399. The molecule has 2 heterocycles. The fourth-order valence-corrected chi connectivity index (χ4v) is 2.58. The van der Waals surface area contributed by atoms with Crippen LogP contribution in [0.25, 0.3) is 0 Å². The third-order valence-corrected chi connectivity index (χ3v) is 4.11. The van der Waals surface area contributed by atoms with E-state index < -0.39 is 5.54 Å². The second-order valence-electron chi connectivity index (χ2n) is 5.98. The molecule has 1 aromatic heterocycles. The van der Waals surface area contributed by atoms with Crippen LogP contribution < -0.4 is 5.56 Å². The Hall–Kier alpha value is -1.98. The molecule has 6 nitrogen and oxygen atoms in total. The van der Waals surface area contributed by atoms with Crippen LogP contribution in [0.3, 0.4) is 0 Å². The summed E-state index contributed by atoms with van der Waals surface area (Å²) in [7, 11) is 0. The number of hydrogen-bond donors (Lipinski definition) is 1. The Morgan fingerprint density at radius 1 is 1.40 bits per heavy atom. The van der Waals surface area contributed by atoms with E-state index in [1.165, 1.54) is 11.0 Å². The lowest BCUT2D eigenvalue weighted by atomic mass is 10.0. The highest BCUT2D eigenvalue weighted by Gasteiger charge is 2.43. The minimum atomic E-state index is -0.818. The Bertz CT molecular complexity index is 643. The van der Waals surface area contributed by atoms with Gasteiger partial charge >= 0.3 is 0 Å². The molecule has 0 bridgehead atoms. The lowest BCUT2D eigenvalue weighted by molar-refractivity contribution is -0.123. The smallest absolute Gasteiger partial charge is 0.273 e. The van der Waals surface area contributed by atoms with Crippen molar-refractivity contribution in [3.8, 4) is 0 Å². The van der Waals surface area contributed by atoms with Crippen LogP contribution in [0.1, 0.15) is 55.3 Å². The van der Waals surface area contributed by atoms with E-state index in [1.54, 1.807) is 13.8 Å². The molecule has 2 aliphatic rings. The van der Waals surface area contributed by atoms with Crippen LogP contribution in [0.4, 0.5) is 0 Å². The van der Waals surface area contributed by atoms with E-state index in [-0.39, 0.29) is 28.9 Å². The van der Waals surface area contributed by atoms with Gasteiger partial charge in [0, 0.05) is 24.9 Å². The molecule has 0 aromatic carbocycles. The number of nitrogens with one attached hydrogen (secondary N) is 1. The van der Waals surface area contributed by atoms with Crippen molar-refractivity contribution in [3.63, 3.8) is 0 Å². The number of rotatable bonds is 2. The number of nitrogens with zero attached hydrogens (tertiary/aromatic N) is 2. The number of carbonyl (C=O) groups is 2. The second kappa shape index (κ2) is 4.26. The summed E-state index contributed by atoms with van der Waals surface area (Å²) in [5.41, 5.74) is -0.992. The number of amides is 1. The summed E-state index contributed by atoms with van der Waals surface area (Å²) in [4.78, 5) is 44.4. The zero-order valence-electron chi connectivity index (χ0n) is 11.6. The van der Waals surface area contributed by atoms with Gasteiger partial charge in [-0.3, -0.25) is 14.4 Å². The van der Waals surface area contributed by atoms with Crippen molar-refractivity contribution in [1.29, 1.82) is 0 Å². The van der Waals surface area contributed by atoms with E-state index in [0.29, 0.717) is 18.8 Å². The van der Waals surface area contributed by atoms with Gasteiger partial charge in [0.1, 0.15) is 11.5 Å². The molecule has 0 unspecified atom stereocenters. The maximum atomic E-state index is 12.5. The Morgan fingerprint density at radius 3 is 2.65 bits per heavy atom. The van der Waals surface area contributed by atoms with Gasteiger partial charge in [0.25, 0.3) is 11.5 Å². The molecule has 1 amide bonds. The molecule has 1 saturated heterocycles. The van der Waals surface area contributed by atoms with E-state index >= 15 is 0 Å². The molecule has 3 rings (SSSR count). The summed E-state index contributed by atoms with van der Waals surface area (Å²) < 4.78 is 0. The van der Waals surface area contributed by atoms with Gasteiger partial charge in [-0.1, -0.05) is 0 Å². The van der Waals surface area contributed by atoms with E-state index in [9.17, 15) is 14.4 Å². The zero-order chi connectivity index (χ0) is 14.5. The third-order valence-electron chi connectivity index (χ3n) is 4.11.